The Hall–Kier alpha value is -1.59. The standard InChI is InChI=1S/C15H22N4O/c1-12(11-19-6-8-20-9-7-19)10-16-15-17-13-4-2-3-5-14(13)18-15/h2-5,12H,6-11H2,1H3,(H2,16,17,18). The summed E-state index contributed by atoms with van der Waals surface area (Å²) in [7, 11) is 0. The van der Waals surface area contributed by atoms with Crippen molar-refractivity contribution in [3.8, 4) is 0 Å². The van der Waals surface area contributed by atoms with E-state index in [4.69, 9.17) is 4.74 Å². The van der Waals surface area contributed by atoms with Crippen LogP contribution in [-0.2, 0) is 4.74 Å². The number of nitrogens with zero attached hydrogens (tertiary/aromatic N) is 2. The van der Waals surface area contributed by atoms with Crippen LogP contribution in [0, 0.1) is 5.92 Å². The summed E-state index contributed by atoms with van der Waals surface area (Å²) in [6.45, 7) is 8.14. The Morgan fingerprint density at radius 3 is 2.95 bits per heavy atom. The third-order valence-electron chi connectivity index (χ3n) is 3.68. The van der Waals surface area contributed by atoms with E-state index in [1.807, 2.05) is 24.3 Å². The molecule has 108 valence electrons. The van der Waals surface area contributed by atoms with Crippen molar-refractivity contribution in [1.29, 1.82) is 0 Å². The van der Waals surface area contributed by atoms with Gasteiger partial charge in [0.15, 0.2) is 0 Å². The molecule has 2 aromatic rings. The van der Waals surface area contributed by atoms with Gasteiger partial charge in [-0.25, -0.2) is 4.98 Å². The largest absolute Gasteiger partial charge is 0.379 e. The highest BCUT2D eigenvalue weighted by molar-refractivity contribution is 5.77. The number of hydrogen-bond acceptors (Lipinski definition) is 4. The molecule has 1 saturated heterocycles. The lowest BCUT2D eigenvalue weighted by Gasteiger charge is -2.29. The minimum absolute atomic E-state index is 0.585. The molecule has 1 atom stereocenters. The summed E-state index contributed by atoms with van der Waals surface area (Å²) in [5.74, 6) is 1.45. The zero-order valence-corrected chi connectivity index (χ0v) is 11.9. The molecule has 0 spiro atoms. The molecule has 2 heterocycles. The number of para-hydroxylation sites is 2. The van der Waals surface area contributed by atoms with Crippen LogP contribution in [0.2, 0.25) is 0 Å². The number of anilines is 1. The molecule has 1 unspecified atom stereocenters. The van der Waals surface area contributed by atoms with Crippen LogP contribution < -0.4 is 5.32 Å². The molecule has 20 heavy (non-hydrogen) atoms. The second kappa shape index (κ2) is 6.24. The van der Waals surface area contributed by atoms with Crippen LogP contribution >= 0.6 is 0 Å². The zero-order chi connectivity index (χ0) is 13.8. The highest BCUT2D eigenvalue weighted by Gasteiger charge is 2.13. The number of benzene rings is 1. The SMILES string of the molecule is CC(CNc1nc2ccccc2[nH]1)CN1CCOCC1. The summed E-state index contributed by atoms with van der Waals surface area (Å²) in [6.07, 6.45) is 0. The lowest BCUT2D eigenvalue weighted by atomic mass is 10.1. The van der Waals surface area contributed by atoms with Crippen molar-refractivity contribution in [3.63, 3.8) is 0 Å². The normalized spacial score (nSPS) is 18.2. The molecular weight excluding hydrogens is 252 g/mol. The van der Waals surface area contributed by atoms with Crippen molar-refractivity contribution in [2.75, 3.05) is 44.7 Å². The van der Waals surface area contributed by atoms with Crippen molar-refractivity contribution in [3.05, 3.63) is 24.3 Å². The molecule has 2 N–H and O–H groups in total. The summed E-state index contributed by atoms with van der Waals surface area (Å²) in [6, 6.07) is 8.10. The molecule has 1 fully saturated rings. The maximum Gasteiger partial charge on any atom is 0.201 e. The predicted octanol–water partition coefficient (Wildman–Crippen LogP) is 1.94. The van der Waals surface area contributed by atoms with Gasteiger partial charge in [-0.05, 0) is 18.1 Å². The maximum atomic E-state index is 5.37. The Morgan fingerprint density at radius 1 is 1.35 bits per heavy atom. The molecule has 1 aliphatic rings. The fraction of sp³-hybridized carbons (Fsp3) is 0.533. The smallest absolute Gasteiger partial charge is 0.201 e. The van der Waals surface area contributed by atoms with Gasteiger partial charge in [0.25, 0.3) is 0 Å². The van der Waals surface area contributed by atoms with Gasteiger partial charge in [-0.2, -0.15) is 0 Å². The average molecular weight is 274 g/mol. The number of rotatable bonds is 5. The second-order valence-corrected chi connectivity index (χ2v) is 5.50. The number of imidazole rings is 1. The number of hydrogen-bond donors (Lipinski definition) is 2. The fourth-order valence-corrected chi connectivity index (χ4v) is 2.60. The number of nitrogens with one attached hydrogen (secondary N) is 2. The van der Waals surface area contributed by atoms with Gasteiger partial charge in [0.05, 0.1) is 24.2 Å². The van der Waals surface area contributed by atoms with Crippen LogP contribution in [0.15, 0.2) is 24.3 Å². The van der Waals surface area contributed by atoms with E-state index >= 15 is 0 Å². The number of aromatic amines is 1. The molecule has 0 radical (unpaired) electrons. The van der Waals surface area contributed by atoms with E-state index in [2.05, 4.69) is 27.1 Å². The quantitative estimate of drug-likeness (QED) is 0.875. The highest BCUT2D eigenvalue weighted by Crippen LogP contribution is 2.13. The third kappa shape index (κ3) is 3.29. The summed E-state index contributed by atoms with van der Waals surface area (Å²) in [5.41, 5.74) is 2.09. The number of morpholine rings is 1. The Balaban J connectivity index is 1.50. The number of fused-ring (bicyclic) bond motifs is 1. The highest BCUT2D eigenvalue weighted by atomic mass is 16.5. The van der Waals surface area contributed by atoms with E-state index in [1.54, 1.807) is 0 Å². The average Bonchev–Trinajstić information content (AvgIpc) is 2.89. The van der Waals surface area contributed by atoms with Crippen molar-refractivity contribution >= 4 is 17.0 Å². The van der Waals surface area contributed by atoms with Gasteiger partial charge in [0, 0.05) is 26.2 Å². The van der Waals surface area contributed by atoms with E-state index in [0.717, 1.165) is 56.4 Å². The number of aromatic nitrogens is 2. The van der Waals surface area contributed by atoms with Crippen LogP contribution in [0.25, 0.3) is 11.0 Å². The van der Waals surface area contributed by atoms with Crippen molar-refractivity contribution in [2.45, 2.75) is 6.92 Å². The molecule has 0 aliphatic carbocycles. The summed E-state index contributed by atoms with van der Waals surface area (Å²) in [5, 5.41) is 3.40. The van der Waals surface area contributed by atoms with Crippen LogP contribution in [0.5, 0.6) is 0 Å². The number of H-pyrrole nitrogens is 1. The van der Waals surface area contributed by atoms with Crippen LogP contribution in [0.3, 0.4) is 0 Å². The second-order valence-electron chi connectivity index (χ2n) is 5.50. The number of ether oxygens (including phenoxy) is 1. The van der Waals surface area contributed by atoms with Gasteiger partial charge in [0.2, 0.25) is 5.95 Å². The Kier molecular flexibility index (Phi) is 4.18. The Labute approximate surface area is 119 Å². The predicted molar refractivity (Wildman–Crippen MR) is 81.0 cm³/mol. The maximum absolute atomic E-state index is 5.37. The first-order chi connectivity index (χ1) is 9.81. The van der Waals surface area contributed by atoms with Gasteiger partial charge in [-0.15, -0.1) is 0 Å². The van der Waals surface area contributed by atoms with Crippen LogP contribution in [0.1, 0.15) is 6.92 Å². The molecular formula is C15H22N4O. The van der Waals surface area contributed by atoms with Gasteiger partial charge < -0.3 is 15.0 Å². The van der Waals surface area contributed by atoms with Gasteiger partial charge in [-0.3, -0.25) is 4.90 Å². The van der Waals surface area contributed by atoms with Gasteiger partial charge in [-0.1, -0.05) is 19.1 Å². The summed E-state index contributed by atoms with van der Waals surface area (Å²) < 4.78 is 5.37. The molecule has 5 heteroatoms. The van der Waals surface area contributed by atoms with E-state index in [9.17, 15) is 0 Å². The monoisotopic (exact) mass is 274 g/mol. The Morgan fingerprint density at radius 2 is 2.15 bits per heavy atom. The van der Waals surface area contributed by atoms with Crippen molar-refractivity contribution in [2.24, 2.45) is 5.92 Å². The first-order valence-electron chi connectivity index (χ1n) is 7.30. The molecule has 0 amide bonds. The van der Waals surface area contributed by atoms with E-state index in [1.165, 1.54) is 0 Å². The minimum atomic E-state index is 0.585. The molecule has 3 rings (SSSR count). The topological polar surface area (TPSA) is 53.2 Å². The molecule has 1 aromatic carbocycles. The molecule has 5 nitrogen and oxygen atoms in total. The minimum Gasteiger partial charge on any atom is -0.379 e. The molecule has 1 aliphatic heterocycles. The fourth-order valence-electron chi connectivity index (χ4n) is 2.60. The van der Waals surface area contributed by atoms with Crippen LogP contribution in [-0.4, -0.2) is 54.3 Å². The molecule has 1 aromatic heterocycles. The van der Waals surface area contributed by atoms with E-state index in [-0.39, 0.29) is 0 Å². The molecule has 0 saturated carbocycles. The summed E-state index contributed by atoms with van der Waals surface area (Å²) in [4.78, 5) is 10.3. The first-order valence-corrected chi connectivity index (χ1v) is 7.30. The van der Waals surface area contributed by atoms with Gasteiger partial charge in [0.1, 0.15) is 0 Å². The van der Waals surface area contributed by atoms with E-state index in [0.29, 0.717) is 5.92 Å². The van der Waals surface area contributed by atoms with Gasteiger partial charge >= 0.3 is 0 Å². The Bertz CT molecular complexity index is 515. The lowest BCUT2D eigenvalue weighted by Crippen LogP contribution is -2.40. The van der Waals surface area contributed by atoms with Crippen LogP contribution in [0.4, 0.5) is 5.95 Å². The van der Waals surface area contributed by atoms with Crippen molar-refractivity contribution < 1.29 is 4.74 Å². The zero-order valence-electron chi connectivity index (χ0n) is 11.9. The lowest BCUT2D eigenvalue weighted by molar-refractivity contribution is 0.0325. The third-order valence-corrected chi connectivity index (χ3v) is 3.68. The molecule has 0 bridgehead atoms. The summed E-state index contributed by atoms with van der Waals surface area (Å²) >= 11 is 0. The van der Waals surface area contributed by atoms with E-state index < -0.39 is 0 Å². The first kappa shape index (κ1) is 13.4. The van der Waals surface area contributed by atoms with Crippen molar-refractivity contribution in [1.82, 2.24) is 14.9 Å².